The molecule has 4 nitrogen and oxygen atoms in total. The maximum absolute atomic E-state index is 5.42. The first-order chi connectivity index (χ1) is 10.6. The number of ether oxygens (including phenoxy) is 2. The number of rotatable bonds is 5. The van der Waals surface area contributed by atoms with E-state index in [1.54, 1.807) is 14.2 Å². The number of benzene rings is 1. The van der Waals surface area contributed by atoms with Gasteiger partial charge in [0.25, 0.3) is 0 Å². The number of hydrogen-bond acceptors (Lipinski definition) is 3. The Balaban J connectivity index is 1.85. The van der Waals surface area contributed by atoms with E-state index in [0.717, 1.165) is 22.2 Å². The van der Waals surface area contributed by atoms with Crippen molar-refractivity contribution in [2.45, 2.75) is 45.2 Å². The lowest BCUT2D eigenvalue weighted by Gasteiger charge is -2.30. The minimum atomic E-state index is 0.499. The molecule has 0 bridgehead atoms. The fraction of sp³-hybridized carbons (Fsp3) is 0.588. The molecule has 122 valence electrons. The summed E-state index contributed by atoms with van der Waals surface area (Å²) in [5, 5.41) is 7.46. The van der Waals surface area contributed by atoms with Gasteiger partial charge < -0.3 is 20.1 Å². The normalized spacial score (nSPS) is 21.0. The van der Waals surface area contributed by atoms with Crippen LogP contribution in [0.25, 0.3) is 0 Å². The van der Waals surface area contributed by atoms with Crippen LogP contribution in [0, 0.1) is 5.92 Å². The van der Waals surface area contributed by atoms with Crippen LogP contribution in [0.4, 0.5) is 0 Å². The van der Waals surface area contributed by atoms with Gasteiger partial charge in [0.15, 0.2) is 16.6 Å². The highest BCUT2D eigenvalue weighted by Gasteiger charge is 2.21. The van der Waals surface area contributed by atoms with Crippen molar-refractivity contribution in [2.24, 2.45) is 5.92 Å². The van der Waals surface area contributed by atoms with E-state index in [1.165, 1.54) is 25.7 Å². The van der Waals surface area contributed by atoms with Crippen molar-refractivity contribution in [3.63, 3.8) is 0 Å². The Kier molecular flexibility index (Phi) is 6.31. The molecule has 2 N–H and O–H groups in total. The highest BCUT2D eigenvalue weighted by Crippen LogP contribution is 2.27. The van der Waals surface area contributed by atoms with E-state index in [9.17, 15) is 0 Å². The second-order valence-electron chi connectivity index (χ2n) is 5.88. The van der Waals surface area contributed by atoms with Crippen LogP contribution in [0.15, 0.2) is 18.2 Å². The molecule has 2 atom stereocenters. The summed E-state index contributed by atoms with van der Waals surface area (Å²) in [6.45, 7) is 2.97. The fourth-order valence-corrected chi connectivity index (χ4v) is 3.15. The highest BCUT2D eigenvalue weighted by atomic mass is 32.1. The minimum absolute atomic E-state index is 0.499. The lowest BCUT2D eigenvalue weighted by Crippen LogP contribution is -2.45. The van der Waals surface area contributed by atoms with Gasteiger partial charge in [0, 0.05) is 12.6 Å². The summed E-state index contributed by atoms with van der Waals surface area (Å²) in [4.78, 5) is 0. The Bertz CT molecular complexity index is 507. The summed E-state index contributed by atoms with van der Waals surface area (Å²) < 4.78 is 10.6. The molecule has 0 amide bonds. The van der Waals surface area contributed by atoms with E-state index in [1.807, 2.05) is 18.2 Å². The van der Waals surface area contributed by atoms with Gasteiger partial charge in [-0.2, -0.15) is 0 Å². The maximum Gasteiger partial charge on any atom is 0.166 e. The van der Waals surface area contributed by atoms with Crippen LogP contribution in [0.2, 0.25) is 0 Å². The lowest BCUT2D eigenvalue weighted by atomic mass is 9.86. The molecular weight excluding hydrogens is 296 g/mol. The Hall–Kier alpha value is -1.49. The third kappa shape index (κ3) is 4.50. The van der Waals surface area contributed by atoms with Crippen LogP contribution in [-0.2, 0) is 6.54 Å². The van der Waals surface area contributed by atoms with Gasteiger partial charge in [0.1, 0.15) is 0 Å². The number of nitrogens with one attached hydrogen (secondary N) is 2. The van der Waals surface area contributed by atoms with Gasteiger partial charge in [0.2, 0.25) is 0 Å². The van der Waals surface area contributed by atoms with Crippen LogP contribution < -0.4 is 20.1 Å². The molecule has 0 heterocycles. The molecule has 0 radical (unpaired) electrons. The van der Waals surface area contributed by atoms with Gasteiger partial charge >= 0.3 is 0 Å². The molecule has 1 saturated carbocycles. The van der Waals surface area contributed by atoms with E-state index in [0.29, 0.717) is 18.5 Å². The van der Waals surface area contributed by atoms with Crippen LogP contribution in [-0.4, -0.2) is 25.4 Å². The van der Waals surface area contributed by atoms with Crippen molar-refractivity contribution >= 4 is 17.3 Å². The van der Waals surface area contributed by atoms with Crippen molar-refractivity contribution < 1.29 is 9.47 Å². The number of thiocarbonyl (C=S) groups is 1. The SMILES string of the molecule is COc1ccc(CNC(=S)N[C@H]2CCCC[C@@H]2C)cc1OC. The first-order valence-electron chi connectivity index (χ1n) is 7.89. The molecule has 0 saturated heterocycles. The topological polar surface area (TPSA) is 42.5 Å². The Morgan fingerprint density at radius 2 is 1.91 bits per heavy atom. The third-order valence-corrected chi connectivity index (χ3v) is 4.59. The van der Waals surface area contributed by atoms with Crippen LogP contribution in [0.3, 0.4) is 0 Å². The molecule has 1 aromatic rings. The number of methoxy groups -OCH3 is 2. The second kappa shape index (κ2) is 8.22. The molecule has 1 aliphatic carbocycles. The summed E-state index contributed by atoms with van der Waals surface area (Å²) in [7, 11) is 3.28. The zero-order valence-electron chi connectivity index (χ0n) is 13.6. The molecule has 0 aliphatic heterocycles. The van der Waals surface area contributed by atoms with Gasteiger partial charge in [-0.3, -0.25) is 0 Å². The molecular formula is C17H26N2O2S. The van der Waals surface area contributed by atoms with Crippen molar-refractivity contribution in [1.29, 1.82) is 0 Å². The van der Waals surface area contributed by atoms with Crippen LogP contribution in [0.1, 0.15) is 38.2 Å². The first kappa shape index (κ1) is 16.9. The molecule has 0 unspecified atom stereocenters. The van der Waals surface area contributed by atoms with E-state index in [4.69, 9.17) is 21.7 Å². The summed E-state index contributed by atoms with van der Waals surface area (Å²) in [5.74, 6) is 2.17. The van der Waals surface area contributed by atoms with E-state index in [2.05, 4.69) is 17.6 Å². The lowest BCUT2D eigenvalue weighted by molar-refractivity contribution is 0.308. The summed E-state index contributed by atoms with van der Waals surface area (Å²) in [6.07, 6.45) is 5.13. The van der Waals surface area contributed by atoms with Gasteiger partial charge in [-0.25, -0.2) is 0 Å². The minimum Gasteiger partial charge on any atom is -0.493 e. The predicted octanol–water partition coefficient (Wildman–Crippen LogP) is 3.25. The standard InChI is InChI=1S/C17H26N2O2S/c1-12-6-4-5-7-14(12)19-17(22)18-11-13-8-9-15(20-2)16(10-13)21-3/h8-10,12,14H,4-7,11H2,1-3H3,(H2,18,19,22)/t12-,14-/m0/s1. The van der Waals surface area contributed by atoms with E-state index < -0.39 is 0 Å². The highest BCUT2D eigenvalue weighted by molar-refractivity contribution is 7.80. The molecule has 1 aromatic carbocycles. The zero-order valence-corrected chi connectivity index (χ0v) is 14.5. The molecule has 22 heavy (non-hydrogen) atoms. The quantitative estimate of drug-likeness (QED) is 0.815. The Labute approximate surface area is 138 Å². The third-order valence-electron chi connectivity index (χ3n) is 4.33. The Morgan fingerprint density at radius 1 is 1.18 bits per heavy atom. The van der Waals surface area contributed by atoms with E-state index >= 15 is 0 Å². The molecule has 5 heteroatoms. The average molecular weight is 322 g/mol. The predicted molar refractivity (Wildman–Crippen MR) is 93.5 cm³/mol. The molecule has 1 aliphatic rings. The largest absolute Gasteiger partial charge is 0.493 e. The van der Waals surface area contributed by atoms with Crippen LogP contribution in [0.5, 0.6) is 11.5 Å². The van der Waals surface area contributed by atoms with Gasteiger partial charge in [-0.05, 0) is 48.7 Å². The molecule has 0 spiro atoms. The smallest absolute Gasteiger partial charge is 0.166 e. The Morgan fingerprint density at radius 3 is 2.59 bits per heavy atom. The van der Waals surface area contributed by atoms with Crippen molar-refractivity contribution in [2.75, 3.05) is 14.2 Å². The second-order valence-corrected chi connectivity index (χ2v) is 6.29. The van der Waals surface area contributed by atoms with Crippen molar-refractivity contribution in [1.82, 2.24) is 10.6 Å². The molecule has 2 rings (SSSR count). The molecule has 0 aromatic heterocycles. The zero-order chi connectivity index (χ0) is 15.9. The van der Waals surface area contributed by atoms with Crippen molar-refractivity contribution in [3.05, 3.63) is 23.8 Å². The summed E-state index contributed by atoms with van der Waals surface area (Å²) in [6, 6.07) is 6.40. The van der Waals surface area contributed by atoms with Crippen molar-refractivity contribution in [3.8, 4) is 11.5 Å². The fourth-order valence-electron chi connectivity index (χ4n) is 2.92. The van der Waals surface area contributed by atoms with Gasteiger partial charge in [-0.1, -0.05) is 25.8 Å². The van der Waals surface area contributed by atoms with E-state index in [-0.39, 0.29) is 0 Å². The summed E-state index contributed by atoms with van der Waals surface area (Å²) in [5.41, 5.74) is 1.11. The maximum atomic E-state index is 5.42. The monoisotopic (exact) mass is 322 g/mol. The first-order valence-corrected chi connectivity index (χ1v) is 8.30. The average Bonchev–Trinajstić information content (AvgIpc) is 2.54. The summed E-state index contributed by atoms with van der Waals surface area (Å²) >= 11 is 5.42. The van der Waals surface area contributed by atoms with Gasteiger partial charge in [-0.15, -0.1) is 0 Å². The van der Waals surface area contributed by atoms with Gasteiger partial charge in [0.05, 0.1) is 14.2 Å². The molecule has 1 fully saturated rings. The van der Waals surface area contributed by atoms with Crippen LogP contribution >= 0.6 is 12.2 Å². The number of hydrogen-bond donors (Lipinski definition) is 2.